The van der Waals surface area contributed by atoms with Gasteiger partial charge >= 0.3 is 0 Å². The van der Waals surface area contributed by atoms with E-state index in [-0.39, 0.29) is 34.5 Å². The molecule has 0 saturated heterocycles. The molecule has 6 heteroatoms. The first-order chi connectivity index (χ1) is 27.1. The fourth-order valence-electron chi connectivity index (χ4n) is 9.45. The predicted molar refractivity (Wildman–Crippen MR) is 234 cm³/mol. The van der Waals surface area contributed by atoms with Gasteiger partial charge in [0, 0.05) is 10.8 Å². The van der Waals surface area contributed by atoms with Gasteiger partial charge in [0.15, 0.2) is 0 Å². The van der Waals surface area contributed by atoms with Crippen LogP contribution in [-0.4, -0.2) is 30.6 Å². The van der Waals surface area contributed by atoms with Crippen LogP contribution >= 0.6 is 0 Å². The lowest BCUT2D eigenvalue weighted by Gasteiger charge is -2.43. The Hall–Kier alpha value is -5.88. The highest BCUT2D eigenvalue weighted by atomic mass is 16.3. The summed E-state index contributed by atoms with van der Waals surface area (Å²) in [7, 11) is 0. The molecule has 0 bridgehead atoms. The second-order valence-electron chi connectivity index (χ2n) is 17.1. The molecule has 6 aromatic carbocycles. The van der Waals surface area contributed by atoms with Gasteiger partial charge in [0.1, 0.15) is 34.5 Å². The molecule has 0 heterocycles. The minimum atomic E-state index is -0.927. The van der Waals surface area contributed by atoms with E-state index in [0.29, 0.717) is 12.8 Å². The van der Waals surface area contributed by atoms with Crippen molar-refractivity contribution in [1.82, 2.24) is 0 Å². The normalized spacial score (nSPS) is 12.0. The molecule has 58 heavy (non-hydrogen) atoms. The second-order valence-corrected chi connectivity index (χ2v) is 17.1. The summed E-state index contributed by atoms with van der Waals surface area (Å²) in [4.78, 5) is 0. The molecule has 0 aromatic heterocycles. The first-order valence-corrected chi connectivity index (χ1v) is 20.0. The number of aryl methyl sites for hydroxylation is 12. The third kappa shape index (κ3) is 6.82. The van der Waals surface area contributed by atoms with Crippen molar-refractivity contribution in [2.24, 2.45) is 0 Å². The van der Waals surface area contributed by atoms with E-state index in [9.17, 15) is 30.6 Å². The van der Waals surface area contributed by atoms with E-state index in [1.165, 1.54) is 0 Å². The molecule has 0 unspecified atom stereocenters. The van der Waals surface area contributed by atoms with E-state index in [4.69, 9.17) is 0 Å². The fraction of sp³-hybridized carbons (Fsp3) is 0.308. The Morgan fingerprint density at radius 2 is 0.345 bits per heavy atom. The van der Waals surface area contributed by atoms with E-state index in [2.05, 4.69) is 72.8 Å². The van der Waals surface area contributed by atoms with E-state index >= 15 is 0 Å². The van der Waals surface area contributed by atoms with E-state index in [1.54, 1.807) is 0 Å². The summed E-state index contributed by atoms with van der Waals surface area (Å²) in [5, 5.41) is 67.1. The number of rotatable bonds is 9. The van der Waals surface area contributed by atoms with Crippen molar-refractivity contribution in [2.45, 2.75) is 107 Å². The van der Waals surface area contributed by atoms with Gasteiger partial charge in [0.2, 0.25) is 0 Å². The average molecular weight is 779 g/mol. The Balaban J connectivity index is 1.84. The molecular weight excluding hydrogens is 721 g/mol. The van der Waals surface area contributed by atoms with Crippen molar-refractivity contribution >= 4 is 0 Å². The van der Waals surface area contributed by atoms with Crippen LogP contribution in [0.5, 0.6) is 34.5 Å². The number of hydrogen-bond donors (Lipinski definition) is 6. The molecule has 0 radical (unpaired) electrons. The van der Waals surface area contributed by atoms with Gasteiger partial charge in [0.05, 0.1) is 0 Å². The highest BCUT2D eigenvalue weighted by Crippen LogP contribution is 2.54. The minimum Gasteiger partial charge on any atom is -0.507 e. The zero-order valence-corrected chi connectivity index (χ0v) is 36.0. The van der Waals surface area contributed by atoms with Gasteiger partial charge in [-0.2, -0.15) is 0 Å². The molecule has 0 fully saturated rings. The summed E-state index contributed by atoms with van der Waals surface area (Å²) in [5.41, 5.74) is 12.5. The monoisotopic (exact) mass is 778 g/mol. The van der Waals surface area contributed by atoms with Gasteiger partial charge in [-0.15, -0.1) is 0 Å². The molecule has 6 N–H and O–H groups in total. The number of phenolic OH excluding ortho intramolecular Hbond substituents is 6. The van der Waals surface area contributed by atoms with Crippen molar-refractivity contribution in [1.29, 1.82) is 0 Å². The molecule has 6 nitrogen and oxygen atoms in total. The second kappa shape index (κ2) is 15.1. The van der Waals surface area contributed by atoms with Crippen molar-refractivity contribution in [2.75, 3.05) is 0 Å². The predicted octanol–water partition coefficient (Wildman–Crippen LogP) is 11.8. The molecule has 0 amide bonds. The van der Waals surface area contributed by atoms with Crippen molar-refractivity contribution in [3.8, 4) is 34.5 Å². The summed E-state index contributed by atoms with van der Waals surface area (Å²) >= 11 is 0. The van der Waals surface area contributed by atoms with Gasteiger partial charge in [-0.25, -0.2) is 0 Å². The van der Waals surface area contributed by atoms with Gasteiger partial charge in [0.25, 0.3) is 0 Å². The van der Waals surface area contributed by atoms with Crippen LogP contribution in [0.15, 0.2) is 72.8 Å². The molecule has 302 valence electrons. The summed E-state index contributed by atoms with van der Waals surface area (Å²) in [6.45, 7) is 22.9. The summed E-state index contributed by atoms with van der Waals surface area (Å²) < 4.78 is 0. The average Bonchev–Trinajstić information content (AvgIpc) is 3.16. The third-order valence-electron chi connectivity index (χ3n) is 12.8. The molecule has 0 aliphatic rings. The molecule has 0 aliphatic heterocycles. The number of phenols is 6. The van der Waals surface area contributed by atoms with Crippen LogP contribution in [0.4, 0.5) is 0 Å². The largest absolute Gasteiger partial charge is 0.507 e. The maximum absolute atomic E-state index is 11.2. The lowest BCUT2D eigenvalue weighted by molar-refractivity contribution is 0.435. The Labute approximate surface area is 343 Å². The topological polar surface area (TPSA) is 121 Å². The zero-order chi connectivity index (χ0) is 42.8. The fourth-order valence-corrected chi connectivity index (χ4v) is 9.45. The van der Waals surface area contributed by atoms with E-state index in [0.717, 1.165) is 100 Å². The Bertz CT molecular complexity index is 2010. The molecular formula is C52H58O6. The van der Waals surface area contributed by atoms with E-state index in [1.807, 2.05) is 83.1 Å². The van der Waals surface area contributed by atoms with Gasteiger partial charge in [-0.1, -0.05) is 72.8 Å². The number of aromatic hydroxyl groups is 6. The lowest BCUT2D eigenvalue weighted by atomic mass is 9.59. The van der Waals surface area contributed by atoms with Crippen LogP contribution in [0, 0.1) is 83.1 Å². The maximum Gasteiger partial charge on any atom is 0.121 e. The Morgan fingerprint density at radius 1 is 0.241 bits per heavy atom. The van der Waals surface area contributed by atoms with Crippen LogP contribution in [0.1, 0.15) is 113 Å². The van der Waals surface area contributed by atoms with Crippen LogP contribution < -0.4 is 0 Å². The Morgan fingerprint density at radius 3 is 0.448 bits per heavy atom. The van der Waals surface area contributed by atoms with Crippen molar-refractivity contribution < 1.29 is 30.6 Å². The quantitative estimate of drug-likeness (QED) is 0.0813. The zero-order valence-electron chi connectivity index (χ0n) is 36.0. The summed E-state index contributed by atoms with van der Waals surface area (Å²) in [6, 6.07) is 24.6. The minimum absolute atomic E-state index is 0.225. The van der Waals surface area contributed by atoms with Gasteiger partial charge in [-0.05, 0) is 196 Å². The first kappa shape index (κ1) is 41.7. The standard InChI is InChI=1S/C52H58O6/c1-27-15-39(16-28(2)45(27)53)51(40-17-29(3)46(54)30(4)18-40,41-19-31(5)47(55)32(6)20-41)13-14-52(42-21-33(7)48(56)34(8)22-42,43-23-35(9)49(57)36(10)24-43)44-25-37(11)50(58)38(12)26-44/h15-26,53-58H,13-14H2,1-12H3. The summed E-state index contributed by atoms with van der Waals surface area (Å²) in [5.74, 6) is 1.35. The molecule has 0 spiro atoms. The van der Waals surface area contributed by atoms with Crippen LogP contribution in [0.3, 0.4) is 0 Å². The smallest absolute Gasteiger partial charge is 0.121 e. The van der Waals surface area contributed by atoms with Crippen molar-refractivity contribution in [3.63, 3.8) is 0 Å². The highest BCUT2D eigenvalue weighted by Gasteiger charge is 2.45. The van der Waals surface area contributed by atoms with Crippen LogP contribution in [0.2, 0.25) is 0 Å². The third-order valence-corrected chi connectivity index (χ3v) is 12.8. The summed E-state index contributed by atoms with van der Waals surface area (Å²) in [6.07, 6.45) is 0.946. The van der Waals surface area contributed by atoms with Crippen molar-refractivity contribution in [3.05, 3.63) is 173 Å². The van der Waals surface area contributed by atoms with Crippen LogP contribution in [0.25, 0.3) is 0 Å². The maximum atomic E-state index is 11.2. The molecule has 6 aromatic rings. The molecule has 0 aliphatic carbocycles. The van der Waals surface area contributed by atoms with Gasteiger partial charge < -0.3 is 30.6 Å². The SMILES string of the molecule is Cc1cc(C(CCC(c2cc(C)c(O)c(C)c2)(c2cc(C)c(O)c(C)c2)c2cc(C)c(O)c(C)c2)(c2cc(C)c(O)c(C)c2)c2cc(C)c(O)c(C)c2)cc(C)c1O. The van der Waals surface area contributed by atoms with E-state index < -0.39 is 10.8 Å². The Kier molecular flexibility index (Phi) is 10.9. The number of hydrogen-bond acceptors (Lipinski definition) is 6. The highest BCUT2D eigenvalue weighted by molar-refractivity contribution is 5.63. The molecule has 0 atom stereocenters. The van der Waals surface area contributed by atoms with Gasteiger partial charge in [-0.3, -0.25) is 0 Å². The lowest BCUT2D eigenvalue weighted by Crippen LogP contribution is -2.37. The molecule has 0 saturated carbocycles. The molecule has 6 rings (SSSR count). The first-order valence-electron chi connectivity index (χ1n) is 20.0. The van der Waals surface area contributed by atoms with Crippen LogP contribution in [-0.2, 0) is 10.8 Å². The number of benzene rings is 6.